The van der Waals surface area contributed by atoms with Gasteiger partial charge in [0.15, 0.2) is 5.69 Å². The number of amides is 2. The Bertz CT molecular complexity index is 1330. The van der Waals surface area contributed by atoms with Crippen molar-refractivity contribution in [3.05, 3.63) is 65.9 Å². The van der Waals surface area contributed by atoms with Crippen LogP contribution in [0.5, 0.6) is 11.5 Å². The van der Waals surface area contributed by atoms with E-state index in [1.165, 1.54) is 7.11 Å². The van der Waals surface area contributed by atoms with Crippen LogP contribution in [0.1, 0.15) is 56.1 Å². The van der Waals surface area contributed by atoms with Gasteiger partial charge in [0.05, 0.1) is 39.1 Å². The lowest BCUT2D eigenvalue weighted by Gasteiger charge is -2.19. The first-order chi connectivity index (χ1) is 20.1. The quantitative estimate of drug-likeness (QED) is 0.222. The third kappa shape index (κ3) is 8.98. The molecule has 2 amide bonds. The standard InChI is InChI=1S/C31H40N4O7/c1-31(2,3)42-30(38)32-18-11-10-15-22(29(37)41-6)33-28(36)23-19-24(27-25(39-4)16-12-17-26(27)40-5)35(34-23)20-21-13-8-7-9-14-21/h7-9,12-14,16-17,19,22H,10-11,15,18,20H2,1-6H3,(H,32,38)(H,33,36)/t22-/m0/s1. The zero-order valence-electron chi connectivity index (χ0n) is 25.1. The number of methoxy groups -OCH3 is 3. The summed E-state index contributed by atoms with van der Waals surface area (Å²) in [7, 11) is 4.40. The van der Waals surface area contributed by atoms with E-state index in [0.29, 0.717) is 55.1 Å². The van der Waals surface area contributed by atoms with Gasteiger partial charge in [0.2, 0.25) is 0 Å². The van der Waals surface area contributed by atoms with E-state index in [1.54, 1.807) is 45.7 Å². The van der Waals surface area contributed by atoms with Gasteiger partial charge in [0, 0.05) is 6.54 Å². The maximum atomic E-state index is 13.4. The molecule has 0 fully saturated rings. The predicted molar refractivity (Wildman–Crippen MR) is 158 cm³/mol. The minimum atomic E-state index is -0.896. The molecule has 0 aliphatic rings. The molecule has 1 heterocycles. The van der Waals surface area contributed by atoms with E-state index in [1.807, 2.05) is 48.5 Å². The van der Waals surface area contributed by atoms with Gasteiger partial charge in [-0.15, -0.1) is 0 Å². The van der Waals surface area contributed by atoms with E-state index in [4.69, 9.17) is 18.9 Å². The van der Waals surface area contributed by atoms with Crippen molar-refractivity contribution >= 4 is 18.0 Å². The number of hydrogen-bond acceptors (Lipinski definition) is 8. The van der Waals surface area contributed by atoms with Crippen LogP contribution < -0.4 is 20.1 Å². The van der Waals surface area contributed by atoms with E-state index in [9.17, 15) is 14.4 Å². The SMILES string of the molecule is COC(=O)[C@H](CCCCNC(=O)OC(C)(C)C)NC(=O)c1cc(-c2c(OC)cccc2OC)n(Cc2ccccc2)n1. The van der Waals surface area contributed by atoms with E-state index in [2.05, 4.69) is 15.7 Å². The van der Waals surface area contributed by atoms with Gasteiger partial charge in [0.25, 0.3) is 5.91 Å². The maximum Gasteiger partial charge on any atom is 0.407 e. The number of esters is 1. The molecule has 0 spiro atoms. The van der Waals surface area contributed by atoms with Crippen LogP contribution in [-0.4, -0.2) is 67.3 Å². The molecular weight excluding hydrogens is 540 g/mol. The molecule has 1 aromatic heterocycles. The minimum Gasteiger partial charge on any atom is -0.496 e. The Morgan fingerprint density at radius 3 is 2.19 bits per heavy atom. The van der Waals surface area contributed by atoms with Gasteiger partial charge >= 0.3 is 12.1 Å². The summed E-state index contributed by atoms with van der Waals surface area (Å²) in [5, 5.41) is 10.1. The smallest absolute Gasteiger partial charge is 0.407 e. The molecule has 3 aromatic rings. The van der Waals surface area contributed by atoms with Crippen molar-refractivity contribution in [3.63, 3.8) is 0 Å². The van der Waals surface area contributed by atoms with E-state index < -0.39 is 29.6 Å². The average molecular weight is 581 g/mol. The molecule has 2 aromatic carbocycles. The van der Waals surface area contributed by atoms with E-state index in [-0.39, 0.29) is 5.69 Å². The number of carbonyl (C=O) groups excluding carboxylic acids is 3. The zero-order chi connectivity index (χ0) is 30.7. The molecule has 3 rings (SSSR count). The van der Waals surface area contributed by atoms with Crippen LogP contribution in [-0.2, 0) is 20.8 Å². The van der Waals surface area contributed by atoms with Gasteiger partial charge in [-0.1, -0.05) is 36.4 Å². The van der Waals surface area contributed by atoms with Gasteiger partial charge in [-0.2, -0.15) is 5.10 Å². The Balaban J connectivity index is 1.79. The van der Waals surface area contributed by atoms with Crippen LogP contribution in [0.15, 0.2) is 54.6 Å². The predicted octanol–water partition coefficient (Wildman–Crippen LogP) is 4.58. The van der Waals surface area contributed by atoms with Crippen molar-refractivity contribution in [1.82, 2.24) is 20.4 Å². The molecule has 42 heavy (non-hydrogen) atoms. The molecule has 0 aliphatic carbocycles. The highest BCUT2D eigenvalue weighted by Gasteiger charge is 2.26. The van der Waals surface area contributed by atoms with Gasteiger partial charge in [0.1, 0.15) is 23.1 Å². The van der Waals surface area contributed by atoms with Crippen molar-refractivity contribution in [2.24, 2.45) is 0 Å². The van der Waals surface area contributed by atoms with Gasteiger partial charge in [-0.3, -0.25) is 9.48 Å². The summed E-state index contributed by atoms with van der Waals surface area (Å²) >= 11 is 0. The van der Waals surface area contributed by atoms with Crippen LogP contribution in [0, 0.1) is 0 Å². The summed E-state index contributed by atoms with van der Waals surface area (Å²) in [4.78, 5) is 37.8. The van der Waals surface area contributed by atoms with E-state index >= 15 is 0 Å². The second-order valence-corrected chi connectivity index (χ2v) is 10.6. The molecule has 0 aliphatic heterocycles. The molecule has 1 atom stereocenters. The monoisotopic (exact) mass is 580 g/mol. The number of unbranched alkanes of at least 4 members (excludes halogenated alkanes) is 1. The van der Waals surface area contributed by atoms with Gasteiger partial charge < -0.3 is 29.6 Å². The van der Waals surface area contributed by atoms with Crippen molar-refractivity contribution in [2.75, 3.05) is 27.9 Å². The fraction of sp³-hybridized carbons (Fsp3) is 0.419. The topological polar surface area (TPSA) is 130 Å². The van der Waals surface area contributed by atoms with Crippen LogP contribution in [0.2, 0.25) is 0 Å². The lowest BCUT2D eigenvalue weighted by atomic mass is 10.1. The Hall–Kier alpha value is -4.54. The Labute approximate surface area is 246 Å². The number of ether oxygens (including phenoxy) is 4. The number of rotatable bonds is 13. The first-order valence-corrected chi connectivity index (χ1v) is 13.7. The van der Waals surface area contributed by atoms with Crippen molar-refractivity contribution in [1.29, 1.82) is 0 Å². The Morgan fingerprint density at radius 1 is 0.929 bits per heavy atom. The number of alkyl carbamates (subject to hydrolysis) is 1. The Morgan fingerprint density at radius 2 is 1.60 bits per heavy atom. The lowest BCUT2D eigenvalue weighted by molar-refractivity contribution is -0.143. The highest BCUT2D eigenvalue weighted by Crippen LogP contribution is 2.38. The maximum absolute atomic E-state index is 13.4. The van der Waals surface area contributed by atoms with Gasteiger partial charge in [-0.05, 0) is 63.8 Å². The minimum absolute atomic E-state index is 0.120. The average Bonchev–Trinajstić information content (AvgIpc) is 3.38. The first-order valence-electron chi connectivity index (χ1n) is 13.7. The molecule has 11 nitrogen and oxygen atoms in total. The molecule has 11 heteroatoms. The second kappa shape index (κ2) is 14.9. The molecule has 0 saturated carbocycles. The van der Waals surface area contributed by atoms with Crippen LogP contribution in [0.3, 0.4) is 0 Å². The molecule has 0 unspecified atom stereocenters. The fourth-order valence-electron chi connectivity index (χ4n) is 4.31. The van der Waals surface area contributed by atoms with Crippen molar-refractivity contribution in [2.45, 2.75) is 58.2 Å². The van der Waals surface area contributed by atoms with Gasteiger partial charge in [-0.25, -0.2) is 9.59 Å². The largest absolute Gasteiger partial charge is 0.496 e. The number of benzene rings is 2. The highest BCUT2D eigenvalue weighted by atomic mass is 16.6. The van der Waals surface area contributed by atoms with Crippen molar-refractivity contribution < 1.29 is 33.3 Å². The molecule has 2 N–H and O–H groups in total. The molecule has 226 valence electrons. The van der Waals surface area contributed by atoms with Crippen LogP contribution in [0.4, 0.5) is 4.79 Å². The third-order valence-corrected chi connectivity index (χ3v) is 6.25. The summed E-state index contributed by atoms with van der Waals surface area (Å²) in [6.45, 7) is 6.12. The number of nitrogens with zero attached hydrogens (tertiary/aromatic N) is 2. The van der Waals surface area contributed by atoms with Crippen molar-refractivity contribution in [3.8, 4) is 22.8 Å². The fourth-order valence-corrected chi connectivity index (χ4v) is 4.31. The summed E-state index contributed by atoms with van der Waals surface area (Å²) in [5.74, 6) is 0.0175. The third-order valence-electron chi connectivity index (χ3n) is 6.25. The number of nitrogens with one attached hydrogen (secondary N) is 2. The normalized spacial score (nSPS) is 11.8. The number of carbonyl (C=O) groups is 3. The first kappa shape index (κ1) is 32.0. The van der Waals surface area contributed by atoms with E-state index in [0.717, 1.165) is 5.56 Å². The lowest BCUT2D eigenvalue weighted by Crippen LogP contribution is -2.41. The van der Waals surface area contributed by atoms with Crippen LogP contribution in [0.25, 0.3) is 11.3 Å². The molecule has 0 bridgehead atoms. The summed E-state index contributed by atoms with van der Waals surface area (Å²) in [6, 6.07) is 15.9. The highest BCUT2D eigenvalue weighted by molar-refractivity contribution is 5.96. The number of aromatic nitrogens is 2. The number of hydrogen-bond donors (Lipinski definition) is 2. The van der Waals surface area contributed by atoms with Crippen LogP contribution >= 0.6 is 0 Å². The Kier molecular flexibility index (Phi) is 11.3. The molecule has 0 radical (unpaired) electrons. The summed E-state index contributed by atoms with van der Waals surface area (Å²) < 4.78 is 23.1. The molecular formula is C31H40N4O7. The summed E-state index contributed by atoms with van der Waals surface area (Å²) in [5.41, 5.74) is 1.77. The zero-order valence-corrected chi connectivity index (χ0v) is 25.1. The molecule has 0 saturated heterocycles. The second-order valence-electron chi connectivity index (χ2n) is 10.6. The summed E-state index contributed by atoms with van der Waals surface area (Å²) in [6.07, 6.45) is 0.925.